The summed E-state index contributed by atoms with van der Waals surface area (Å²) in [7, 11) is 1.68. The van der Waals surface area contributed by atoms with Gasteiger partial charge in [0.25, 0.3) is 0 Å². The third-order valence-corrected chi connectivity index (χ3v) is 6.07. The van der Waals surface area contributed by atoms with Crippen LogP contribution in [0.15, 0.2) is 24.3 Å². The van der Waals surface area contributed by atoms with E-state index in [1.54, 1.807) is 7.11 Å². The molecule has 0 aromatic heterocycles. The number of nitrogens with one attached hydrogen (secondary N) is 2. The van der Waals surface area contributed by atoms with Gasteiger partial charge in [0.1, 0.15) is 5.75 Å². The highest BCUT2D eigenvalue weighted by Crippen LogP contribution is 2.22. The first-order chi connectivity index (χ1) is 14.5. The van der Waals surface area contributed by atoms with E-state index in [0.717, 1.165) is 64.4 Å². The van der Waals surface area contributed by atoms with Crippen molar-refractivity contribution in [2.24, 2.45) is 5.92 Å². The second-order valence-electron chi connectivity index (χ2n) is 8.75. The molecule has 3 rings (SSSR count). The molecule has 0 spiro atoms. The number of carbonyl (C=O) groups excluding carboxylic acids is 1. The number of amides is 2. The van der Waals surface area contributed by atoms with E-state index in [1.165, 1.54) is 5.69 Å². The average molecular weight is 419 g/mol. The van der Waals surface area contributed by atoms with Crippen molar-refractivity contribution in [2.45, 2.75) is 45.2 Å². The standard InChI is InChI=1S/C23H38N4O3/c1-18(2)16-21(27-12-14-30-15-13-27)17-24-23(28)25-19-8-10-26(11-9-19)20-4-6-22(29-3)7-5-20/h4-7,18-19,21H,8-17H2,1-3H3,(H2,24,25,28). The minimum absolute atomic E-state index is 0.0417. The molecule has 0 aliphatic carbocycles. The van der Waals surface area contributed by atoms with Gasteiger partial charge in [-0.25, -0.2) is 4.79 Å². The first-order valence-corrected chi connectivity index (χ1v) is 11.3. The fourth-order valence-electron chi connectivity index (χ4n) is 4.37. The SMILES string of the molecule is COc1ccc(N2CCC(NC(=O)NCC(CC(C)C)N3CCOCC3)CC2)cc1. The van der Waals surface area contributed by atoms with Crippen LogP contribution in [0.3, 0.4) is 0 Å². The molecular weight excluding hydrogens is 380 g/mol. The quantitative estimate of drug-likeness (QED) is 0.680. The van der Waals surface area contributed by atoms with Gasteiger partial charge in [0.05, 0.1) is 20.3 Å². The largest absolute Gasteiger partial charge is 0.497 e. The average Bonchev–Trinajstić information content (AvgIpc) is 2.77. The van der Waals surface area contributed by atoms with Crippen LogP contribution in [0.2, 0.25) is 0 Å². The van der Waals surface area contributed by atoms with Crippen LogP contribution in [0.4, 0.5) is 10.5 Å². The van der Waals surface area contributed by atoms with Crippen LogP contribution in [0.1, 0.15) is 33.1 Å². The van der Waals surface area contributed by atoms with Crippen molar-refractivity contribution in [2.75, 3.05) is 57.9 Å². The molecule has 1 atom stereocenters. The van der Waals surface area contributed by atoms with E-state index in [2.05, 4.69) is 46.4 Å². The molecule has 2 fully saturated rings. The van der Waals surface area contributed by atoms with Gasteiger partial charge in [-0.05, 0) is 49.4 Å². The summed E-state index contributed by atoms with van der Waals surface area (Å²) in [5.41, 5.74) is 1.21. The third-order valence-electron chi connectivity index (χ3n) is 6.07. The molecule has 7 nitrogen and oxygen atoms in total. The van der Waals surface area contributed by atoms with Crippen molar-refractivity contribution in [1.82, 2.24) is 15.5 Å². The van der Waals surface area contributed by atoms with Crippen LogP contribution in [-0.4, -0.2) is 76.1 Å². The molecule has 30 heavy (non-hydrogen) atoms. The Morgan fingerprint density at radius 3 is 2.40 bits per heavy atom. The summed E-state index contributed by atoms with van der Waals surface area (Å²) in [5.74, 6) is 1.48. The zero-order valence-corrected chi connectivity index (χ0v) is 18.7. The molecule has 1 aromatic rings. The summed E-state index contributed by atoms with van der Waals surface area (Å²) in [6.45, 7) is 10.5. The van der Waals surface area contributed by atoms with Crippen molar-refractivity contribution in [1.29, 1.82) is 0 Å². The number of benzene rings is 1. The lowest BCUT2D eigenvalue weighted by Crippen LogP contribution is -2.52. The molecule has 1 unspecified atom stereocenters. The van der Waals surface area contributed by atoms with Crippen molar-refractivity contribution in [3.05, 3.63) is 24.3 Å². The van der Waals surface area contributed by atoms with Gasteiger partial charge in [-0.1, -0.05) is 13.8 Å². The van der Waals surface area contributed by atoms with Gasteiger partial charge in [-0.15, -0.1) is 0 Å². The Kier molecular flexibility index (Phi) is 8.63. The van der Waals surface area contributed by atoms with Crippen molar-refractivity contribution in [3.8, 4) is 5.75 Å². The van der Waals surface area contributed by atoms with E-state index in [1.807, 2.05) is 12.1 Å². The monoisotopic (exact) mass is 418 g/mol. The molecule has 2 aliphatic heterocycles. The molecule has 2 aliphatic rings. The van der Waals surface area contributed by atoms with Gasteiger partial charge < -0.3 is 25.0 Å². The maximum atomic E-state index is 12.5. The number of piperidine rings is 1. The number of nitrogens with zero attached hydrogens (tertiary/aromatic N) is 2. The lowest BCUT2D eigenvalue weighted by molar-refractivity contribution is 0.0129. The summed E-state index contributed by atoms with van der Waals surface area (Å²) in [6.07, 6.45) is 3.00. The Labute approximate surface area is 181 Å². The maximum absolute atomic E-state index is 12.5. The minimum Gasteiger partial charge on any atom is -0.497 e. The van der Waals surface area contributed by atoms with Crippen LogP contribution in [0.5, 0.6) is 5.75 Å². The lowest BCUT2D eigenvalue weighted by Gasteiger charge is -2.36. The molecule has 1 aromatic carbocycles. The van der Waals surface area contributed by atoms with E-state index < -0.39 is 0 Å². The summed E-state index contributed by atoms with van der Waals surface area (Å²) in [6, 6.07) is 8.74. The molecule has 0 radical (unpaired) electrons. The molecule has 2 N–H and O–H groups in total. The molecule has 0 saturated carbocycles. The van der Waals surface area contributed by atoms with Crippen molar-refractivity contribution in [3.63, 3.8) is 0 Å². The van der Waals surface area contributed by atoms with Crippen molar-refractivity contribution >= 4 is 11.7 Å². The van der Waals surface area contributed by atoms with Crippen molar-refractivity contribution < 1.29 is 14.3 Å². The number of hydrogen-bond donors (Lipinski definition) is 2. The fourth-order valence-corrected chi connectivity index (χ4v) is 4.37. The van der Waals surface area contributed by atoms with Gasteiger partial charge in [-0.3, -0.25) is 4.90 Å². The maximum Gasteiger partial charge on any atom is 0.315 e. The number of carbonyl (C=O) groups is 1. The summed E-state index contributed by atoms with van der Waals surface area (Å²) in [4.78, 5) is 17.3. The van der Waals surface area contributed by atoms with Crippen LogP contribution in [0.25, 0.3) is 0 Å². The highest BCUT2D eigenvalue weighted by atomic mass is 16.5. The summed E-state index contributed by atoms with van der Waals surface area (Å²) < 4.78 is 10.7. The van der Waals surface area contributed by atoms with Crippen LogP contribution in [-0.2, 0) is 4.74 Å². The van der Waals surface area contributed by atoms with Gasteiger partial charge in [0, 0.05) is 50.5 Å². The second-order valence-corrected chi connectivity index (χ2v) is 8.75. The van der Waals surface area contributed by atoms with Crippen LogP contribution >= 0.6 is 0 Å². The first-order valence-electron chi connectivity index (χ1n) is 11.3. The number of rotatable bonds is 8. The molecule has 2 amide bonds. The number of hydrogen-bond acceptors (Lipinski definition) is 5. The van der Waals surface area contributed by atoms with Crippen LogP contribution in [0, 0.1) is 5.92 Å². The number of anilines is 1. The predicted octanol–water partition coefficient (Wildman–Crippen LogP) is 2.71. The minimum atomic E-state index is -0.0417. The Morgan fingerprint density at radius 1 is 1.13 bits per heavy atom. The zero-order valence-electron chi connectivity index (χ0n) is 18.7. The van der Waals surface area contributed by atoms with Crippen LogP contribution < -0.4 is 20.3 Å². The van der Waals surface area contributed by atoms with Gasteiger partial charge in [-0.2, -0.15) is 0 Å². The Balaban J connectivity index is 1.41. The molecule has 7 heteroatoms. The smallest absolute Gasteiger partial charge is 0.315 e. The molecule has 2 heterocycles. The molecule has 2 saturated heterocycles. The number of morpholine rings is 1. The Hall–Kier alpha value is -1.99. The normalized spacial score (nSPS) is 19.5. The second kappa shape index (κ2) is 11.4. The molecule has 0 bridgehead atoms. The molecular formula is C23H38N4O3. The molecule has 168 valence electrons. The number of urea groups is 1. The lowest BCUT2D eigenvalue weighted by atomic mass is 10.0. The Bertz CT molecular complexity index is 638. The highest BCUT2D eigenvalue weighted by Gasteiger charge is 2.24. The summed E-state index contributed by atoms with van der Waals surface area (Å²) >= 11 is 0. The van der Waals surface area contributed by atoms with E-state index in [0.29, 0.717) is 18.5 Å². The zero-order chi connectivity index (χ0) is 21.3. The fraction of sp³-hybridized carbons (Fsp3) is 0.696. The number of ether oxygens (including phenoxy) is 2. The third kappa shape index (κ3) is 6.77. The van der Waals surface area contributed by atoms with E-state index in [9.17, 15) is 4.79 Å². The van der Waals surface area contributed by atoms with Gasteiger partial charge in [0.2, 0.25) is 0 Å². The Morgan fingerprint density at radius 2 is 1.80 bits per heavy atom. The summed E-state index contributed by atoms with van der Waals surface area (Å²) in [5, 5.41) is 6.31. The highest BCUT2D eigenvalue weighted by molar-refractivity contribution is 5.74. The predicted molar refractivity (Wildman–Crippen MR) is 120 cm³/mol. The topological polar surface area (TPSA) is 66.1 Å². The van der Waals surface area contributed by atoms with Gasteiger partial charge in [0.15, 0.2) is 0 Å². The van der Waals surface area contributed by atoms with E-state index in [-0.39, 0.29) is 12.1 Å². The number of methoxy groups -OCH3 is 1. The van der Waals surface area contributed by atoms with E-state index in [4.69, 9.17) is 9.47 Å². The van der Waals surface area contributed by atoms with Gasteiger partial charge >= 0.3 is 6.03 Å². The first kappa shape index (κ1) is 22.7. The van der Waals surface area contributed by atoms with E-state index >= 15 is 0 Å².